The molecule has 0 saturated heterocycles. The highest BCUT2D eigenvalue weighted by molar-refractivity contribution is 5.75. The monoisotopic (exact) mass is 191 g/mol. The summed E-state index contributed by atoms with van der Waals surface area (Å²) in [5, 5.41) is 0. The van der Waals surface area contributed by atoms with Gasteiger partial charge in [-0.05, 0) is 31.4 Å². The molecule has 0 radical (unpaired) electrons. The van der Waals surface area contributed by atoms with Gasteiger partial charge in [-0.15, -0.1) is 0 Å². The summed E-state index contributed by atoms with van der Waals surface area (Å²) in [6.07, 6.45) is 1.49. The maximum atomic E-state index is 10.9. The third kappa shape index (κ3) is 3.71. The molecule has 0 aliphatic heterocycles. The van der Waals surface area contributed by atoms with E-state index in [9.17, 15) is 4.79 Å². The van der Waals surface area contributed by atoms with Crippen molar-refractivity contribution in [3.8, 4) is 0 Å². The normalized spacial score (nSPS) is 12.4. The Hall–Kier alpha value is -1.15. The van der Waals surface area contributed by atoms with Gasteiger partial charge in [0.1, 0.15) is 5.78 Å². The first-order valence-corrected chi connectivity index (χ1v) is 4.95. The van der Waals surface area contributed by atoms with Crippen LogP contribution in [0.5, 0.6) is 0 Å². The van der Waals surface area contributed by atoms with Gasteiger partial charge in [-0.3, -0.25) is 0 Å². The average Bonchev–Trinajstić information content (AvgIpc) is 2.17. The maximum absolute atomic E-state index is 10.9. The summed E-state index contributed by atoms with van der Waals surface area (Å²) >= 11 is 0. The molecule has 1 rings (SSSR count). The van der Waals surface area contributed by atoms with Gasteiger partial charge in [0.25, 0.3) is 0 Å². The quantitative estimate of drug-likeness (QED) is 0.771. The molecule has 0 saturated carbocycles. The Morgan fingerprint density at radius 3 is 2.50 bits per heavy atom. The van der Waals surface area contributed by atoms with Gasteiger partial charge in [0.05, 0.1) is 0 Å². The van der Waals surface area contributed by atoms with Crippen LogP contribution < -0.4 is 5.73 Å². The number of hydrogen-bond acceptors (Lipinski definition) is 2. The third-order valence-corrected chi connectivity index (χ3v) is 2.28. The number of hydrogen-bond donors (Lipinski definition) is 1. The molecule has 0 heterocycles. The molecule has 0 amide bonds. The molecule has 2 heteroatoms. The lowest BCUT2D eigenvalue weighted by Gasteiger charge is -2.12. The number of Topliss-reactive ketones (excluding diaryl/α,β-unsaturated/α-hetero) is 1. The van der Waals surface area contributed by atoms with E-state index in [2.05, 4.69) is 12.1 Å². The highest BCUT2D eigenvalue weighted by atomic mass is 16.1. The Balaban J connectivity index is 2.53. The van der Waals surface area contributed by atoms with Crippen LogP contribution in [0.4, 0.5) is 0 Å². The van der Waals surface area contributed by atoms with E-state index in [0.717, 1.165) is 6.42 Å². The van der Waals surface area contributed by atoms with Gasteiger partial charge in [-0.1, -0.05) is 30.3 Å². The second-order valence-electron chi connectivity index (χ2n) is 3.70. The minimum Gasteiger partial charge on any atom is -0.330 e. The van der Waals surface area contributed by atoms with E-state index in [1.807, 2.05) is 18.2 Å². The molecule has 0 fully saturated rings. The van der Waals surface area contributed by atoms with E-state index in [1.165, 1.54) is 5.56 Å². The molecule has 0 aliphatic rings. The summed E-state index contributed by atoms with van der Waals surface area (Å²) in [5.41, 5.74) is 6.87. The Kier molecular flexibility index (Phi) is 4.33. The molecule has 14 heavy (non-hydrogen) atoms. The fraction of sp³-hybridized carbons (Fsp3) is 0.417. The molecule has 2 N–H and O–H groups in total. The summed E-state index contributed by atoms with van der Waals surface area (Å²) in [6, 6.07) is 10.2. The van der Waals surface area contributed by atoms with E-state index in [0.29, 0.717) is 13.0 Å². The third-order valence-electron chi connectivity index (χ3n) is 2.28. The van der Waals surface area contributed by atoms with E-state index in [4.69, 9.17) is 5.73 Å². The molecular formula is C12H17NO. The van der Waals surface area contributed by atoms with E-state index < -0.39 is 0 Å². The van der Waals surface area contributed by atoms with Gasteiger partial charge in [0.2, 0.25) is 0 Å². The van der Waals surface area contributed by atoms with Crippen LogP contribution in [0.25, 0.3) is 0 Å². The molecule has 0 spiro atoms. The second kappa shape index (κ2) is 5.55. The first kappa shape index (κ1) is 10.9. The molecule has 0 bridgehead atoms. The summed E-state index contributed by atoms with van der Waals surface area (Å²) in [6.45, 7) is 2.20. The van der Waals surface area contributed by atoms with Crippen LogP contribution in [0.2, 0.25) is 0 Å². The van der Waals surface area contributed by atoms with Crippen molar-refractivity contribution in [1.29, 1.82) is 0 Å². The van der Waals surface area contributed by atoms with Crippen molar-refractivity contribution < 1.29 is 4.79 Å². The summed E-state index contributed by atoms with van der Waals surface area (Å²) in [5.74, 6) is 0.506. The van der Waals surface area contributed by atoms with Crippen LogP contribution in [0.1, 0.15) is 18.9 Å². The fourth-order valence-electron chi connectivity index (χ4n) is 1.59. The molecule has 1 unspecified atom stereocenters. The highest BCUT2D eigenvalue weighted by Gasteiger charge is 2.09. The smallest absolute Gasteiger partial charge is 0.130 e. The van der Waals surface area contributed by atoms with Gasteiger partial charge in [-0.25, -0.2) is 0 Å². The van der Waals surface area contributed by atoms with Crippen molar-refractivity contribution >= 4 is 5.78 Å². The molecule has 1 atom stereocenters. The number of ketones is 1. The zero-order valence-corrected chi connectivity index (χ0v) is 8.57. The van der Waals surface area contributed by atoms with Gasteiger partial charge in [-0.2, -0.15) is 0 Å². The lowest BCUT2D eigenvalue weighted by molar-refractivity contribution is -0.117. The standard InChI is InChI=1S/C12H17NO/c1-10(14)7-12(9-13)8-11-5-3-2-4-6-11/h2-6,12H,7-9,13H2,1H3. The van der Waals surface area contributed by atoms with Crippen molar-refractivity contribution in [1.82, 2.24) is 0 Å². The molecule has 0 aliphatic carbocycles. The van der Waals surface area contributed by atoms with Crippen molar-refractivity contribution in [3.05, 3.63) is 35.9 Å². The van der Waals surface area contributed by atoms with Crippen LogP contribution in [0.15, 0.2) is 30.3 Å². The number of nitrogens with two attached hydrogens (primary N) is 1. The van der Waals surface area contributed by atoms with Crippen molar-refractivity contribution in [2.45, 2.75) is 19.8 Å². The Morgan fingerprint density at radius 2 is 2.00 bits per heavy atom. The van der Waals surface area contributed by atoms with Crippen molar-refractivity contribution in [2.75, 3.05) is 6.54 Å². The molecule has 0 aromatic heterocycles. The van der Waals surface area contributed by atoms with Crippen LogP contribution in [-0.4, -0.2) is 12.3 Å². The number of benzene rings is 1. The number of carbonyl (C=O) groups is 1. The van der Waals surface area contributed by atoms with Crippen LogP contribution in [-0.2, 0) is 11.2 Å². The van der Waals surface area contributed by atoms with Gasteiger partial charge in [0.15, 0.2) is 0 Å². The summed E-state index contributed by atoms with van der Waals surface area (Å²) < 4.78 is 0. The second-order valence-corrected chi connectivity index (χ2v) is 3.70. The lowest BCUT2D eigenvalue weighted by Crippen LogP contribution is -2.19. The van der Waals surface area contributed by atoms with Crippen LogP contribution >= 0.6 is 0 Å². The number of carbonyl (C=O) groups excluding carboxylic acids is 1. The van der Waals surface area contributed by atoms with Crippen LogP contribution in [0, 0.1) is 5.92 Å². The van der Waals surface area contributed by atoms with Crippen molar-refractivity contribution in [2.24, 2.45) is 11.7 Å². The van der Waals surface area contributed by atoms with Gasteiger partial charge >= 0.3 is 0 Å². The SMILES string of the molecule is CC(=O)CC(CN)Cc1ccccc1. The van der Waals surface area contributed by atoms with E-state index in [-0.39, 0.29) is 11.7 Å². The predicted octanol–water partition coefficient (Wildman–Crippen LogP) is 1.78. The topological polar surface area (TPSA) is 43.1 Å². The van der Waals surface area contributed by atoms with E-state index >= 15 is 0 Å². The molecule has 2 nitrogen and oxygen atoms in total. The zero-order chi connectivity index (χ0) is 10.4. The molecule has 76 valence electrons. The first-order chi connectivity index (χ1) is 6.72. The Bertz CT molecular complexity index is 282. The Morgan fingerprint density at radius 1 is 1.36 bits per heavy atom. The molecular weight excluding hydrogens is 174 g/mol. The van der Waals surface area contributed by atoms with E-state index in [1.54, 1.807) is 6.92 Å². The number of rotatable bonds is 5. The van der Waals surface area contributed by atoms with Crippen molar-refractivity contribution in [3.63, 3.8) is 0 Å². The van der Waals surface area contributed by atoms with Gasteiger partial charge < -0.3 is 10.5 Å². The maximum Gasteiger partial charge on any atom is 0.130 e. The Labute approximate surface area is 85.1 Å². The average molecular weight is 191 g/mol. The van der Waals surface area contributed by atoms with Crippen LogP contribution in [0.3, 0.4) is 0 Å². The summed E-state index contributed by atoms with van der Waals surface area (Å²) in [4.78, 5) is 10.9. The highest BCUT2D eigenvalue weighted by Crippen LogP contribution is 2.11. The minimum atomic E-state index is 0.219. The first-order valence-electron chi connectivity index (χ1n) is 4.95. The largest absolute Gasteiger partial charge is 0.330 e. The lowest BCUT2D eigenvalue weighted by atomic mass is 9.95. The minimum absolute atomic E-state index is 0.219. The fourth-order valence-corrected chi connectivity index (χ4v) is 1.59. The molecule has 1 aromatic rings. The zero-order valence-electron chi connectivity index (χ0n) is 8.57. The van der Waals surface area contributed by atoms with Gasteiger partial charge in [0, 0.05) is 6.42 Å². The molecule has 1 aromatic carbocycles. The summed E-state index contributed by atoms with van der Waals surface area (Å²) in [7, 11) is 0. The predicted molar refractivity (Wildman–Crippen MR) is 58.0 cm³/mol.